The molecule has 1 N–H and O–H groups in total. The highest BCUT2D eigenvalue weighted by Gasteiger charge is 2.10. The first kappa shape index (κ1) is 13.7. The molecule has 0 aromatic carbocycles. The molecule has 0 radical (unpaired) electrons. The van der Waals surface area contributed by atoms with E-state index in [4.69, 9.17) is 0 Å². The number of nitrogens with zero attached hydrogens (tertiary/aromatic N) is 4. The first-order valence-electron chi connectivity index (χ1n) is 6.23. The van der Waals surface area contributed by atoms with Gasteiger partial charge in [0.25, 0.3) is 0 Å². The van der Waals surface area contributed by atoms with Crippen molar-refractivity contribution in [1.82, 2.24) is 24.9 Å². The lowest BCUT2D eigenvalue weighted by Crippen LogP contribution is -2.16. The van der Waals surface area contributed by atoms with Crippen molar-refractivity contribution in [2.45, 2.75) is 39.5 Å². The van der Waals surface area contributed by atoms with E-state index in [1.54, 1.807) is 12.3 Å². The summed E-state index contributed by atoms with van der Waals surface area (Å²) in [4.78, 5) is 0. The van der Waals surface area contributed by atoms with Gasteiger partial charge in [-0.3, -0.25) is 4.68 Å². The van der Waals surface area contributed by atoms with Crippen molar-refractivity contribution in [3.63, 3.8) is 0 Å². The van der Waals surface area contributed by atoms with Gasteiger partial charge in [0.1, 0.15) is 0 Å². The summed E-state index contributed by atoms with van der Waals surface area (Å²) >= 11 is 0. The average Bonchev–Trinajstić information content (AvgIpc) is 2.99. The summed E-state index contributed by atoms with van der Waals surface area (Å²) in [5.74, 6) is 0. The van der Waals surface area contributed by atoms with Crippen LogP contribution in [0.25, 0.3) is 0 Å². The van der Waals surface area contributed by atoms with Crippen LogP contribution >= 0.6 is 0 Å². The Hall–Kier alpha value is -1.76. The van der Waals surface area contributed by atoms with Crippen LogP contribution in [0.2, 0.25) is 0 Å². The molecule has 2 aromatic heterocycles. The lowest BCUT2D eigenvalue weighted by atomic mass is 10.3. The van der Waals surface area contributed by atoms with E-state index in [1.165, 1.54) is 6.20 Å². The third-order valence-electron chi connectivity index (χ3n) is 2.71. The van der Waals surface area contributed by atoms with Crippen LogP contribution < -0.4 is 5.32 Å². The Morgan fingerprint density at radius 3 is 2.89 bits per heavy atom. The summed E-state index contributed by atoms with van der Waals surface area (Å²) in [6.07, 6.45) is 6.15. The van der Waals surface area contributed by atoms with Crippen molar-refractivity contribution >= 4 is 0 Å². The molecule has 0 fully saturated rings. The maximum Gasteiger partial charge on any atom is 0.333 e. The van der Waals surface area contributed by atoms with Crippen LogP contribution in [0.5, 0.6) is 0 Å². The SMILES string of the molecule is CCCn1cc(CNCc2ccnn2C(F)F)cn1. The maximum absolute atomic E-state index is 12.6. The van der Waals surface area contributed by atoms with Gasteiger partial charge in [0.05, 0.1) is 11.9 Å². The van der Waals surface area contributed by atoms with Gasteiger partial charge >= 0.3 is 6.55 Å². The number of halogens is 2. The largest absolute Gasteiger partial charge is 0.333 e. The third-order valence-corrected chi connectivity index (χ3v) is 2.71. The van der Waals surface area contributed by atoms with Crippen molar-refractivity contribution in [3.05, 3.63) is 35.9 Å². The minimum absolute atomic E-state index is 0.350. The molecule has 0 aliphatic rings. The van der Waals surface area contributed by atoms with Crippen molar-refractivity contribution in [1.29, 1.82) is 0 Å². The van der Waals surface area contributed by atoms with Crippen LogP contribution in [0, 0.1) is 0 Å². The van der Waals surface area contributed by atoms with Crippen molar-refractivity contribution < 1.29 is 8.78 Å². The smallest absolute Gasteiger partial charge is 0.307 e. The van der Waals surface area contributed by atoms with Gasteiger partial charge in [-0.25, -0.2) is 4.68 Å². The molecule has 0 bridgehead atoms. The van der Waals surface area contributed by atoms with Gasteiger partial charge in [-0.05, 0) is 12.5 Å². The fourth-order valence-electron chi connectivity index (χ4n) is 1.84. The number of nitrogens with one attached hydrogen (secondary N) is 1. The first-order chi connectivity index (χ1) is 9.20. The normalized spacial score (nSPS) is 11.4. The lowest BCUT2D eigenvalue weighted by molar-refractivity contribution is 0.0531. The molecule has 2 heterocycles. The summed E-state index contributed by atoms with van der Waals surface area (Å²) in [5.41, 5.74) is 1.51. The van der Waals surface area contributed by atoms with E-state index in [1.807, 2.05) is 10.9 Å². The molecule has 2 rings (SSSR count). The van der Waals surface area contributed by atoms with E-state index < -0.39 is 6.55 Å². The zero-order valence-electron chi connectivity index (χ0n) is 10.8. The summed E-state index contributed by atoms with van der Waals surface area (Å²) in [7, 11) is 0. The van der Waals surface area contributed by atoms with E-state index in [0.717, 1.165) is 18.5 Å². The molecule has 5 nitrogen and oxygen atoms in total. The molecular weight excluding hydrogens is 252 g/mol. The van der Waals surface area contributed by atoms with Crippen molar-refractivity contribution in [3.8, 4) is 0 Å². The van der Waals surface area contributed by atoms with Gasteiger partial charge in [-0.1, -0.05) is 6.92 Å². The molecule has 7 heteroatoms. The Kier molecular flexibility index (Phi) is 4.62. The maximum atomic E-state index is 12.6. The molecule has 0 aliphatic carbocycles. The quantitative estimate of drug-likeness (QED) is 0.838. The summed E-state index contributed by atoms with van der Waals surface area (Å²) in [6, 6.07) is 1.58. The Balaban J connectivity index is 1.84. The van der Waals surface area contributed by atoms with Crippen molar-refractivity contribution in [2.75, 3.05) is 0 Å². The van der Waals surface area contributed by atoms with Crippen LogP contribution in [0.4, 0.5) is 8.78 Å². The lowest BCUT2D eigenvalue weighted by Gasteiger charge is -2.06. The van der Waals surface area contributed by atoms with E-state index in [9.17, 15) is 8.78 Å². The Labute approximate surface area is 110 Å². The van der Waals surface area contributed by atoms with Crippen molar-refractivity contribution in [2.24, 2.45) is 0 Å². The predicted molar refractivity (Wildman–Crippen MR) is 66.5 cm³/mol. The predicted octanol–water partition coefficient (Wildman–Crippen LogP) is 2.17. The fourth-order valence-corrected chi connectivity index (χ4v) is 1.84. The van der Waals surface area contributed by atoms with Crippen LogP contribution in [0.15, 0.2) is 24.7 Å². The highest BCUT2D eigenvalue weighted by atomic mass is 19.3. The first-order valence-corrected chi connectivity index (χ1v) is 6.23. The van der Waals surface area contributed by atoms with Crippen LogP contribution in [-0.4, -0.2) is 19.6 Å². The van der Waals surface area contributed by atoms with E-state index >= 15 is 0 Å². The third kappa shape index (κ3) is 3.60. The molecular formula is C12H17F2N5. The standard InChI is InChI=1S/C12H17F2N5/c1-2-5-18-9-10(7-17-18)6-15-8-11-3-4-16-19(11)12(13)14/h3-4,7,9,12,15H,2,5-6,8H2,1H3. The number of alkyl halides is 2. The zero-order valence-corrected chi connectivity index (χ0v) is 10.8. The molecule has 0 saturated carbocycles. The van der Waals surface area contributed by atoms with Crippen LogP contribution in [0.1, 0.15) is 31.2 Å². The Morgan fingerprint density at radius 1 is 1.32 bits per heavy atom. The molecule has 0 unspecified atom stereocenters. The minimum atomic E-state index is -2.60. The second-order valence-corrected chi connectivity index (χ2v) is 4.26. The molecule has 0 amide bonds. The molecule has 0 saturated heterocycles. The van der Waals surface area contributed by atoms with Gasteiger partial charge < -0.3 is 5.32 Å². The van der Waals surface area contributed by atoms with Gasteiger partial charge in [-0.2, -0.15) is 19.0 Å². The number of hydrogen-bond acceptors (Lipinski definition) is 3. The average molecular weight is 269 g/mol. The van der Waals surface area contributed by atoms with Gasteiger partial charge in [0.2, 0.25) is 0 Å². The molecule has 0 spiro atoms. The Morgan fingerprint density at radius 2 is 2.16 bits per heavy atom. The highest BCUT2D eigenvalue weighted by molar-refractivity contribution is 5.05. The summed E-state index contributed by atoms with van der Waals surface area (Å²) in [5, 5.41) is 10.9. The number of rotatable bonds is 7. The minimum Gasteiger partial charge on any atom is -0.307 e. The number of aryl methyl sites for hydroxylation is 1. The number of aromatic nitrogens is 4. The van der Waals surface area contributed by atoms with Gasteiger partial charge in [0.15, 0.2) is 0 Å². The topological polar surface area (TPSA) is 47.7 Å². The molecule has 104 valence electrons. The molecule has 0 atom stereocenters. The van der Waals surface area contributed by atoms with E-state index in [-0.39, 0.29) is 0 Å². The van der Waals surface area contributed by atoms with Gasteiger partial charge in [-0.15, -0.1) is 0 Å². The van der Waals surface area contributed by atoms with Crippen LogP contribution in [0.3, 0.4) is 0 Å². The van der Waals surface area contributed by atoms with Crippen LogP contribution in [-0.2, 0) is 19.6 Å². The zero-order chi connectivity index (χ0) is 13.7. The molecule has 2 aromatic rings. The van der Waals surface area contributed by atoms with E-state index in [2.05, 4.69) is 22.4 Å². The fraction of sp³-hybridized carbons (Fsp3) is 0.500. The highest BCUT2D eigenvalue weighted by Crippen LogP contribution is 2.11. The second kappa shape index (κ2) is 6.42. The monoisotopic (exact) mass is 269 g/mol. The molecule has 0 aliphatic heterocycles. The summed E-state index contributed by atoms with van der Waals surface area (Å²) in [6.45, 7) is 1.32. The Bertz CT molecular complexity index is 506. The summed E-state index contributed by atoms with van der Waals surface area (Å²) < 4.78 is 27.7. The second-order valence-electron chi connectivity index (χ2n) is 4.26. The number of hydrogen-bond donors (Lipinski definition) is 1. The van der Waals surface area contributed by atoms with Gasteiger partial charge in [0, 0.05) is 37.6 Å². The molecule has 19 heavy (non-hydrogen) atoms. The van der Waals surface area contributed by atoms with E-state index in [0.29, 0.717) is 23.5 Å².